The molecule has 0 spiro atoms. The van der Waals surface area contributed by atoms with Gasteiger partial charge in [0.2, 0.25) is 5.54 Å². The molecule has 0 saturated heterocycles. The largest absolute Gasteiger partial charge is 0.420 e. The summed E-state index contributed by atoms with van der Waals surface area (Å²) in [6.07, 6.45) is -3.53. The van der Waals surface area contributed by atoms with Gasteiger partial charge in [0, 0.05) is 6.20 Å². The van der Waals surface area contributed by atoms with Crippen molar-refractivity contribution in [3.8, 4) is 0 Å². The fourth-order valence-corrected chi connectivity index (χ4v) is 1.53. The summed E-state index contributed by atoms with van der Waals surface area (Å²) in [7, 11) is 0. The molecule has 1 unspecified atom stereocenters. The third kappa shape index (κ3) is 1.80. The van der Waals surface area contributed by atoms with Crippen molar-refractivity contribution in [3.63, 3.8) is 0 Å². The van der Waals surface area contributed by atoms with Gasteiger partial charge >= 0.3 is 6.18 Å². The van der Waals surface area contributed by atoms with Crippen molar-refractivity contribution in [2.75, 3.05) is 10.6 Å². The van der Waals surface area contributed by atoms with Crippen molar-refractivity contribution < 1.29 is 18.0 Å². The van der Waals surface area contributed by atoms with Gasteiger partial charge < -0.3 is 10.6 Å². The standard InChI is InChI=1S/C9H7ClF3N3O/c1-8(9(11,12)13)7(17)15-5-2-4(10)3-14-6(5)16-8/h2-3H,1H3,(H,14,16)(H,15,17). The van der Waals surface area contributed by atoms with Crippen molar-refractivity contribution in [3.05, 3.63) is 17.3 Å². The highest BCUT2D eigenvalue weighted by atomic mass is 35.5. The van der Waals surface area contributed by atoms with Gasteiger partial charge in [0.25, 0.3) is 5.91 Å². The number of carbonyl (C=O) groups excluding carboxylic acids is 1. The zero-order valence-electron chi connectivity index (χ0n) is 8.52. The summed E-state index contributed by atoms with van der Waals surface area (Å²) >= 11 is 5.62. The number of rotatable bonds is 0. The number of hydrogen-bond donors (Lipinski definition) is 2. The molecule has 0 fully saturated rings. The van der Waals surface area contributed by atoms with E-state index in [1.165, 1.54) is 12.3 Å². The highest BCUT2D eigenvalue weighted by molar-refractivity contribution is 6.31. The van der Waals surface area contributed by atoms with Crippen molar-refractivity contribution >= 4 is 29.0 Å². The Balaban J connectivity index is 2.47. The topological polar surface area (TPSA) is 54.0 Å². The highest BCUT2D eigenvalue weighted by Gasteiger charge is 2.59. The first-order valence-electron chi connectivity index (χ1n) is 4.56. The van der Waals surface area contributed by atoms with Crippen molar-refractivity contribution in [2.45, 2.75) is 18.6 Å². The summed E-state index contributed by atoms with van der Waals surface area (Å²) in [5, 5.41) is 4.44. The van der Waals surface area contributed by atoms with E-state index in [9.17, 15) is 18.0 Å². The van der Waals surface area contributed by atoms with Crippen LogP contribution in [0.2, 0.25) is 5.02 Å². The summed E-state index contributed by atoms with van der Waals surface area (Å²) in [4.78, 5) is 15.2. The molecule has 1 aliphatic rings. The SMILES string of the molecule is CC1(C(F)(F)F)Nc2ncc(Cl)cc2NC1=O. The molecule has 92 valence electrons. The molecular weight excluding hydrogens is 259 g/mol. The predicted molar refractivity (Wildman–Crippen MR) is 56.0 cm³/mol. The lowest BCUT2D eigenvalue weighted by Gasteiger charge is -2.36. The normalized spacial score (nSPS) is 23.7. The zero-order valence-corrected chi connectivity index (χ0v) is 9.28. The maximum Gasteiger partial charge on any atom is 0.420 e. The first kappa shape index (κ1) is 12.0. The van der Waals surface area contributed by atoms with E-state index in [4.69, 9.17) is 11.6 Å². The first-order chi connectivity index (χ1) is 7.74. The van der Waals surface area contributed by atoms with Crippen molar-refractivity contribution in [1.29, 1.82) is 0 Å². The van der Waals surface area contributed by atoms with Gasteiger partial charge in [-0.05, 0) is 13.0 Å². The van der Waals surface area contributed by atoms with Gasteiger partial charge in [-0.1, -0.05) is 11.6 Å². The van der Waals surface area contributed by atoms with Gasteiger partial charge in [0.1, 0.15) is 0 Å². The Hall–Kier alpha value is -1.50. The Morgan fingerprint density at radius 1 is 1.47 bits per heavy atom. The van der Waals surface area contributed by atoms with E-state index >= 15 is 0 Å². The van der Waals surface area contributed by atoms with Crippen LogP contribution in [0.3, 0.4) is 0 Å². The Labute approximate surface area is 99.2 Å². The second kappa shape index (κ2) is 3.49. The molecule has 2 heterocycles. The van der Waals surface area contributed by atoms with Crippen LogP contribution in [0.4, 0.5) is 24.7 Å². The number of halogens is 4. The van der Waals surface area contributed by atoms with Gasteiger partial charge in [-0.3, -0.25) is 4.79 Å². The average molecular weight is 266 g/mol. The number of anilines is 2. The predicted octanol–water partition coefficient (Wildman–Crippen LogP) is 2.42. The molecule has 0 radical (unpaired) electrons. The van der Waals surface area contributed by atoms with Crippen LogP contribution >= 0.6 is 11.6 Å². The number of carbonyl (C=O) groups is 1. The number of aromatic nitrogens is 1. The van der Waals surface area contributed by atoms with Crippen LogP contribution in [-0.2, 0) is 4.79 Å². The average Bonchev–Trinajstić information content (AvgIpc) is 2.19. The molecule has 4 nitrogen and oxygen atoms in total. The summed E-state index contributed by atoms with van der Waals surface area (Å²) < 4.78 is 38.3. The van der Waals surface area contributed by atoms with E-state index in [1.54, 1.807) is 0 Å². The highest BCUT2D eigenvalue weighted by Crippen LogP contribution is 2.39. The second-order valence-corrected chi connectivity index (χ2v) is 4.19. The molecule has 1 aromatic rings. The lowest BCUT2D eigenvalue weighted by atomic mass is 9.98. The Morgan fingerprint density at radius 3 is 2.71 bits per heavy atom. The molecule has 0 aliphatic carbocycles. The molecule has 1 amide bonds. The molecule has 0 aromatic carbocycles. The molecule has 1 atom stereocenters. The molecule has 17 heavy (non-hydrogen) atoms. The molecule has 1 aromatic heterocycles. The molecule has 0 saturated carbocycles. The van der Waals surface area contributed by atoms with Crippen LogP contribution in [0.1, 0.15) is 6.92 Å². The van der Waals surface area contributed by atoms with Crippen LogP contribution in [-0.4, -0.2) is 22.6 Å². The summed E-state index contributed by atoms with van der Waals surface area (Å²) in [5.41, 5.74) is -2.56. The van der Waals surface area contributed by atoms with E-state index in [0.29, 0.717) is 0 Å². The Kier molecular flexibility index (Phi) is 2.46. The fourth-order valence-electron chi connectivity index (χ4n) is 1.37. The molecule has 8 heteroatoms. The summed E-state index contributed by atoms with van der Waals surface area (Å²) in [6, 6.07) is 1.32. The molecule has 1 aliphatic heterocycles. The van der Waals surface area contributed by atoms with Gasteiger partial charge in [0.05, 0.1) is 10.7 Å². The maximum absolute atomic E-state index is 12.8. The van der Waals surface area contributed by atoms with E-state index in [1.807, 2.05) is 0 Å². The van der Waals surface area contributed by atoms with E-state index in [2.05, 4.69) is 15.6 Å². The van der Waals surface area contributed by atoms with Crippen LogP contribution in [0, 0.1) is 0 Å². The minimum atomic E-state index is -4.73. The van der Waals surface area contributed by atoms with E-state index in [0.717, 1.165) is 6.92 Å². The number of nitrogens with zero attached hydrogens (tertiary/aromatic N) is 1. The van der Waals surface area contributed by atoms with Gasteiger partial charge in [-0.25, -0.2) is 4.98 Å². The maximum atomic E-state index is 12.8. The number of nitrogens with one attached hydrogen (secondary N) is 2. The van der Waals surface area contributed by atoms with Crippen molar-refractivity contribution in [2.24, 2.45) is 0 Å². The smallest absolute Gasteiger partial charge is 0.347 e. The van der Waals surface area contributed by atoms with Crippen LogP contribution < -0.4 is 10.6 Å². The lowest BCUT2D eigenvalue weighted by Crippen LogP contribution is -2.60. The molecule has 2 rings (SSSR count). The van der Waals surface area contributed by atoms with Crippen molar-refractivity contribution in [1.82, 2.24) is 4.98 Å². The number of hydrogen-bond acceptors (Lipinski definition) is 3. The van der Waals surface area contributed by atoms with E-state index < -0.39 is 17.6 Å². The number of fused-ring (bicyclic) bond motifs is 1. The van der Waals surface area contributed by atoms with Crippen LogP contribution in [0.15, 0.2) is 12.3 Å². The number of alkyl halides is 3. The Morgan fingerprint density at radius 2 is 2.12 bits per heavy atom. The third-order valence-corrected chi connectivity index (χ3v) is 2.70. The molecule has 2 N–H and O–H groups in total. The second-order valence-electron chi connectivity index (χ2n) is 3.75. The van der Waals surface area contributed by atoms with Gasteiger partial charge in [0.15, 0.2) is 5.82 Å². The summed E-state index contributed by atoms with van der Waals surface area (Å²) in [6.45, 7) is 0.752. The molecular formula is C9H7ClF3N3O. The van der Waals surface area contributed by atoms with Gasteiger partial charge in [-0.15, -0.1) is 0 Å². The minimum absolute atomic E-state index is 0.0613. The quantitative estimate of drug-likeness (QED) is 0.757. The lowest BCUT2D eigenvalue weighted by molar-refractivity contribution is -0.179. The molecule has 0 bridgehead atoms. The monoisotopic (exact) mass is 265 g/mol. The number of amides is 1. The zero-order chi connectivity index (χ0) is 12.8. The number of pyridine rings is 1. The van der Waals surface area contributed by atoms with Gasteiger partial charge in [-0.2, -0.15) is 13.2 Å². The Bertz CT molecular complexity index is 491. The minimum Gasteiger partial charge on any atom is -0.347 e. The van der Waals surface area contributed by atoms with Crippen LogP contribution in [0.5, 0.6) is 0 Å². The third-order valence-electron chi connectivity index (χ3n) is 2.49. The van der Waals surface area contributed by atoms with E-state index in [-0.39, 0.29) is 16.5 Å². The first-order valence-corrected chi connectivity index (χ1v) is 4.94. The fraction of sp³-hybridized carbons (Fsp3) is 0.333. The summed E-state index contributed by atoms with van der Waals surface area (Å²) in [5.74, 6) is -1.25. The van der Waals surface area contributed by atoms with Crippen LogP contribution in [0.25, 0.3) is 0 Å².